The molecule has 0 aromatic rings. The summed E-state index contributed by atoms with van der Waals surface area (Å²) in [6, 6.07) is 0. The van der Waals surface area contributed by atoms with E-state index in [-0.39, 0.29) is 36.4 Å². The fourth-order valence-corrected chi connectivity index (χ4v) is 4.54. The van der Waals surface area contributed by atoms with Gasteiger partial charge in [-0.2, -0.15) is 0 Å². The predicted octanol–water partition coefficient (Wildman–Crippen LogP) is 2.98. The molecule has 0 saturated carbocycles. The number of allylic oxidation sites excluding steroid dienone is 4. The van der Waals surface area contributed by atoms with Crippen LogP contribution in [-0.4, -0.2) is 13.2 Å². The molecule has 0 unspecified atom stereocenters. The molecular formula is C17H28O2Zr. The zero-order valence-electron chi connectivity index (χ0n) is 13.2. The van der Waals surface area contributed by atoms with Gasteiger partial charge in [-0.25, -0.2) is 0 Å². The van der Waals surface area contributed by atoms with Crippen molar-refractivity contribution in [2.75, 3.05) is 13.2 Å². The van der Waals surface area contributed by atoms with Gasteiger partial charge in [0, 0.05) is 0 Å². The summed E-state index contributed by atoms with van der Waals surface area (Å²) in [4.78, 5) is 0. The molecule has 0 bridgehead atoms. The molecular weight excluding hydrogens is 327 g/mol. The first-order valence-corrected chi connectivity index (χ1v) is 9.39. The van der Waals surface area contributed by atoms with E-state index < -0.39 is 0 Å². The summed E-state index contributed by atoms with van der Waals surface area (Å²) in [5, 5.41) is 18.9. The average Bonchev–Trinajstić information content (AvgIpc) is 2.83. The van der Waals surface area contributed by atoms with Crippen molar-refractivity contribution in [3.8, 4) is 0 Å². The van der Waals surface area contributed by atoms with Crippen LogP contribution in [-0.2, 0) is 23.2 Å². The second-order valence-electron chi connectivity index (χ2n) is 5.26. The van der Waals surface area contributed by atoms with Crippen molar-refractivity contribution in [3.63, 3.8) is 0 Å². The van der Waals surface area contributed by atoms with Gasteiger partial charge in [0.15, 0.2) is 0 Å². The second-order valence-corrected chi connectivity index (χ2v) is 11.1. The molecule has 0 N–H and O–H groups in total. The van der Waals surface area contributed by atoms with Crippen LogP contribution in [0.2, 0.25) is 3.12 Å². The third-order valence-electron chi connectivity index (χ3n) is 1.95. The van der Waals surface area contributed by atoms with Gasteiger partial charge in [-0.3, -0.25) is 0 Å². The summed E-state index contributed by atoms with van der Waals surface area (Å²) in [6.45, 7) is 13.7. The van der Waals surface area contributed by atoms with Gasteiger partial charge in [0.05, 0.1) is 0 Å². The average molecular weight is 356 g/mol. The van der Waals surface area contributed by atoms with E-state index in [1.54, 1.807) is 15.4 Å². The quantitative estimate of drug-likeness (QED) is 0.712. The molecule has 20 heavy (non-hydrogen) atoms. The SMILES string of the molecule is C=CCC[O-].C=CCC[O-].C[C](C)(C)[Zr+2][C]1=CC=CC1. The van der Waals surface area contributed by atoms with E-state index in [4.69, 9.17) is 0 Å². The third kappa shape index (κ3) is 20.1. The van der Waals surface area contributed by atoms with Crippen LogP contribution >= 0.6 is 0 Å². The second kappa shape index (κ2) is 15.2. The summed E-state index contributed by atoms with van der Waals surface area (Å²) in [5.74, 6) is 0. The Morgan fingerprint density at radius 2 is 1.65 bits per heavy atom. The molecule has 0 amide bonds. The van der Waals surface area contributed by atoms with Crippen molar-refractivity contribution < 1.29 is 33.4 Å². The van der Waals surface area contributed by atoms with Gasteiger partial charge in [-0.05, 0) is 0 Å². The zero-order chi connectivity index (χ0) is 15.9. The fraction of sp³-hybridized carbons (Fsp3) is 0.529. The molecule has 0 spiro atoms. The monoisotopic (exact) mass is 354 g/mol. The summed E-state index contributed by atoms with van der Waals surface area (Å²) in [6.07, 6.45) is 12.5. The number of hydrogen-bond donors (Lipinski definition) is 0. The Hall–Kier alpha value is -0.237. The first-order valence-electron chi connectivity index (χ1n) is 6.93. The van der Waals surface area contributed by atoms with E-state index in [9.17, 15) is 10.2 Å². The Morgan fingerprint density at radius 3 is 1.85 bits per heavy atom. The van der Waals surface area contributed by atoms with Gasteiger partial charge in [0.2, 0.25) is 0 Å². The van der Waals surface area contributed by atoms with Crippen LogP contribution in [0.1, 0.15) is 40.0 Å². The van der Waals surface area contributed by atoms with E-state index in [1.165, 1.54) is 6.42 Å². The Kier molecular flexibility index (Phi) is 16.7. The first kappa shape index (κ1) is 22.1. The van der Waals surface area contributed by atoms with Crippen LogP contribution in [0.3, 0.4) is 0 Å². The summed E-state index contributed by atoms with van der Waals surface area (Å²) < 4.78 is 2.37. The van der Waals surface area contributed by atoms with Crippen LogP contribution in [0.15, 0.2) is 46.8 Å². The summed E-state index contributed by atoms with van der Waals surface area (Å²) in [5.41, 5.74) is 0. The topological polar surface area (TPSA) is 46.1 Å². The zero-order valence-corrected chi connectivity index (χ0v) is 15.6. The Morgan fingerprint density at radius 1 is 1.15 bits per heavy atom. The third-order valence-corrected chi connectivity index (χ3v) is 5.50. The molecule has 0 radical (unpaired) electrons. The molecule has 0 saturated heterocycles. The molecule has 0 heterocycles. The minimum atomic E-state index is -0.247. The summed E-state index contributed by atoms with van der Waals surface area (Å²) >= 11 is -0.247. The molecule has 1 rings (SSSR count). The summed E-state index contributed by atoms with van der Waals surface area (Å²) in [7, 11) is 0. The molecule has 0 aromatic heterocycles. The van der Waals surface area contributed by atoms with Gasteiger partial charge in [-0.15, -0.1) is 26.4 Å². The van der Waals surface area contributed by atoms with E-state index >= 15 is 0 Å². The maximum absolute atomic E-state index is 9.46. The van der Waals surface area contributed by atoms with E-state index in [1.807, 2.05) is 0 Å². The fourth-order valence-electron chi connectivity index (χ4n) is 1.19. The first-order chi connectivity index (χ1) is 9.41. The van der Waals surface area contributed by atoms with Crippen LogP contribution in [0.4, 0.5) is 0 Å². The van der Waals surface area contributed by atoms with Crippen molar-refractivity contribution in [1.82, 2.24) is 0 Å². The van der Waals surface area contributed by atoms with E-state index in [0.717, 1.165) is 0 Å². The predicted molar refractivity (Wildman–Crippen MR) is 80.9 cm³/mol. The normalized spacial score (nSPS) is 12.2. The Labute approximate surface area is 136 Å². The van der Waals surface area contributed by atoms with Gasteiger partial charge in [-0.1, -0.05) is 25.0 Å². The number of hydrogen-bond acceptors (Lipinski definition) is 2. The molecule has 1 aliphatic rings. The molecule has 0 atom stereocenters. The standard InChI is InChI=1S/C5H5.2C4H7O.C4H9.Zr/c1-2-4-5-3-1;2*1-2-3-4-5;1-4(2)3;/h1-3H,4H2;2*2H,1,3-4H2;1-3H3;/q;2*-1;;+2. The van der Waals surface area contributed by atoms with Crippen molar-refractivity contribution in [2.24, 2.45) is 0 Å². The van der Waals surface area contributed by atoms with E-state index in [0.29, 0.717) is 16.0 Å². The van der Waals surface area contributed by atoms with Crippen LogP contribution in [0.25, 0.3) is 0 Å². The number of rotatable bonds is 5. The van der Waals surface area contributed by atoms with Gasteiger partial charge in [0.25, 0.3) is 0 Å². The molecule has 0 aromatic carbocycles. The van der Waals surface area contributed by atoms with Crippen molar-refractivity contribution in [3.05, 3.63) is 46.8 Å². The minimum absolute atomic E-state index is 0.0243. The van der Waals surface area contributed by atoms with Gasteiger partial charge in [0.1, 0.15) is 0 Å². The van der Waals surface area contributed by atoms with Crippen LogP contribution < -0.4 is 10.2 Å². The molecule has 3 heteroatoms. The maximum atomic E-state index is 9.46. The van der Waals surface area contributed by atoms with Crippen molar-refractivity contribution in [2.45, 2.75) is 43.2 Å². The van der Waals surface area contributed by atoms with E-state index in [2.05, 4.69) is 52.2 Å². The molecule has 0 aliphatic heterocycles. The molecule has 1 aliphatic carbocycles. The van der Waals surface area contributed by atoms with Crippen LogP contribution in [0.5, 0.6) is 0 Å². The Bertz CT molecular complexity index is 289. The van der Waals surface area contributed by atoms with Crippen molar-refractivity contribution in [1.29, 1.82) is 0 Å². The van der Waals surface area contributed by atoms with Gasteiger partial charge >= 0.3 is 75.1 Å². The van der Waals surface area contributed by atoms with Gasteiger partial charge < -0.3 is 10.2 Å². The Balaban J connectivity index is 0. The molecule has 0 fully saturated rings. The molecule has 2 nitrogen and oxygen atoms in total. The van der Waals surface area contributed by atoms with Crippen molar-refractivity contribution >= 4 is 0 Å². The molecule has 112 valence electrons. The van der Waals surface area contributed by atoms with Crippen LogP contribution in [0, 0.1) is 0 Å².